The molecule has 2 saturated heterocycles. The van der Waals surface area contributed by atoms with E-state index in [1.807, 2.05) is 23.1 Å². The van der Waals surface area contributed by atoms with Crippen molar-refractivity contribution in [3.8, 4) is 0 Å². The van der Waals surface area contributed by atoms with Gasteiger partial charge in [0.2, 0.25) is 5.91 Å². The van der Waals surface area contributed by atoms with Gasteiger partial charge in [0.05, 0.1) is 12.0 Å². The molecule has 3 rings (SSSR count). The van der Waals surface area contributed by atoms with Gasteiger partial charge in [0.15, 0.2) is 0 Å². The number of ether oxygens (including phenoxy) is 1. The summed E-state index contributed by atoms with van der Waals surface area (Å²) in [5.41, 5.74) is 1.28. The molecule has 0 radical (unpaired) electrons. The average molecular weight is 359 g/mol. The quantitative estimate of drug-likeness (QED) is 0.846. The lowest BCUT2D eigenvalue weighted by molar-refractivity contribution is -0.146. The Labute approximate surface area is 155 Å². The van der Waals surface area contributed by atoms with E-state index in [0.29, 0.717) is 25.4 Å². The Morgan fingerprint density at radius 1 is 1.19 bits per heavy atom. The third-order valence-corrected chi connectivity index (χ3v) is 5.97. The monoisotopic (exact) mass is 359 g/mol. The minimum Gasteiger partial charge on any atom is -0.481 e. The Bertz CT molecular complexity index is 610. The number of aliphatic carboxylic acids is 1. The number of amides is 1. The van der Waals surface area contributed by atoms with Crippen molar-refractivity contribution in [3.63, 3.8) is 0 Å². The first kappa shape index (κ1) is 18.9. The third-order valence-electron chi connectivity index (χ3n) is 5.97. The van der Waals surface area contributed by atoms with Crippen LogP contribution in [0.25, 0.3) is 0 Å². The number of likely N-dealkylation sites (tertiary alicyclic amines) is 1. The van der Waals surface area contributed by atoms with Crippen LogP contribution in [-0.4, -0.2) is 47.7 Å². The lowest BCUT2D eigenvalue weighted by atomic mass is 9.84. The van der Waals surface area contributed by atoms with Crippen molar-refractivity contribution in [2.24, 2.45) is 11.8 Å². The van der Waals surface area contributed by atoms with E-state index in [1.165, 1.54) is 5.56 Å². The predicted octanol–water partition coefficient (Wildman–Crippen LogP) is 3.30. The number of piperidine rings is 1. The van der Waals surface area contributed by atoms with Gasteiger partial charge in [0.1, 0.15) is 0 Å². The molecule has 1 aromatic rings. The molecule has 5 nitrogen and oxygen atoms in total. The van der Waals surface area contributed by atoms with Gasteiger partial charge in [0, 0.05) is 26.1 Å². The molecule has 1 amide bonds. The van der Waals surface area contributed by atoms with Crippen LogP contribution in [0.15, 0.2) is 30.3 Å². The molecule has 3 atom stereocenters. The summed E-state index contributed by atoms with van der Waals surface area (Å²) in [6.07, 6.45) is 3.54. The van der Waals surface area contributed by atoms with Crippen molar-refractivity contribution >= 4 is 11.9 Å². The number of carboxylic acids is 1. The van der Waals surface area contributed by atoms with Crippen molar-refractivity contribution in [3.05, 3.63) is 35.9 Å². The molecule has 2 aliphatic rings. The van der Waals surface area contributed by atoms with Gasteiger partial charge in [-0.3, -0.25) is 9.59 Å². The number of hydrogen-bond acceptors (Lipinski definition) is 3. The molecule has 1 aromatic carbocycles. The first-order chi connectivity index (χ1) is 12.6. The molecular formula is C21H29NO4. The lowest BCUT2D eigenvalue weighted by Crippen LogP contribution is -2.43. The molecule has 2 aliphatic heterocycles. The summed E-state index contributed by atoms with van der Waals surface area (Å²) in [7, 11) is 0. The Morgan fingerprint density at radius 2 is 1.88 bits per heavy atom. The molecule has 142 valence electrons. The van der Waals surface area contributed by atoms with Crippen molar-refractivity contribution in [2.75, 3.05) is 19.7 Å². The van der Waals surface area contributed by atoms with Crippen molar-refractivity contribution in [2.45, 2.75) is 51.0 Å². The van der Waals surface area contributed by atoms with E-state index in [9.17, 15) is 14.7 Å². The normalized spacial score (nSPS) is 25.2. The van der Waals surface area contributed by atoms with Gasteiger partial charge in [-0.25, -0.2) is 0 Å². The smallest absolute Gasteiger partial charge is 0.309 e. The van der Waals surface area contributed by atoms with Gasteiger partial charge in [0.25, 0.3) is 0 Å². The minimum absolute atomic E-state index is 0.178. The van der Waals surface area contributed by atoms with Crippen LogP contribution in [0.3, 0.4) is 0 Å². The number of hydrogen-bond donors (Lipinski definition) is 1. The van der Waals surface area contributed by atoms with Crippen LogP contribution in [0, 0.1) is 11.8 Å². The molecule has 2 heterocycles. The van der Waals surface area contributed by atoms with Crippen LogP contribution in [0.4, 0.5) is 0 Å². The standard InChI is InChI=1S/C21H29NO4/c1-15(16-5-3-2-4-6-16)7-8-19(23)22-12-9-17(10-13-22)20-18(21(24)25)11-14-26-20/h2-6,15,17-18,20H,7-14H2,1H3,(H,24,25)/t15?,18?,20-/m0/s1. The highest BCUT2D eigenvalue weighted by Gasteiger charge is 2.40. The first-order valence-electron chi connectivity index (χ1n) is 9.73. The summed E-state index contributed by atoms with van der Waals surface area (Å²) in [6, 6.07) is 10.3. The highest BCUT2D eigenvalue weighted by molar-refractivity contribution is 5.76. The van der Waals surface area contributed by atoms with Crippen LogP contribution in [0.2, 0.25) is 0 Å². The third kappa shape index (κ3) is 4.44. The summed E-state index contributed by atoms with van der Waals surface area (Å²) < 4.78 is 5.71. The molecule has 2 fully saturated rings. The topological polar surface area (TPSA) is 66.8 Å². The molecule has 2 unspecified atom stereocenters. The number of carbonyl (C=O) groups excluding carboxylic acids is 1. The number of carboxylic acid groups (broad SMARTS) is 1. The number of nitrogens with zero attached hydrogens (tertiary/aromatic N) is 1. The average Bonchev–Trinajstić information content (AvgIpc) is 3.17. The second-order valence-electron chi connectivity index (χ2n) is 7.64. The molecule has 5 heteroatoms. The van der Waals surface area contributed by atoms with E-state index in [0.717, 1.165) is 32.4 Å². The molecule has 0 aromatic heterocycles. The zero-order chi connectivity index (χ0) is 18.5. The van der Waals surface area contributed by atoms with Gasteiger partial charge in [-0.15, -0.1) is 0 Å². The molecular weight excluding hydrogens is 330 g/mol. The second-order valence-corrected chi connectivity index (χ2v) is 7.64. The van der Waals surface area contributed by atoms with Gasteiger partial charge >= 0.3 is 5.97 Å². The fourth-order valence-electron chi connectivity index (χ4n) is 4.26. The zero-order valence-corrected chi connectivity index (χ0v) is 15.5. The summed E-state index contributed by atoms with van der Waals surface area (Å²) in [5, 5.41) is 9.33. The molecule has 0 bridgehead atoms. The van der Waals surface area contributed by atoms with Crippen LogP contribution in [0.5, 0.6) is 0 Å². The van der Waals surface area contributed by atoms with Crippen molar-refractivity contribution in [1.82, 2.24) is 4.90 Å². The van der Waals surface area contributed by atoms with E-state index in [2.05, 4.69) is 19.1 Å². The maximum atomic E-state index is 12.5. The van der Waals surface area contributed by atoms with Gasteiger partial charge in [-0.05, 0) is 43.1 Å². The van der Waals surface area contributed by atoms with Crippen molar-refractivity contribution in [1.29, 1.82) is 0 Å². The first-order valence-corrected chi connectivity index (χ1v) is 9.73. The molecule has 0 spiro atoms. The summed E-state index contributed by atoms with van der Waals surface area (Å²) in [5.74, 6) is -0.282. The van der Waals surface area contributed by atoms with Crippen LogP contribution in [0.1, 0.15) is 50.5 Å². The highest BCUT2D eigenvalue weighted by Crippen LogP contribution is 2.33. The maximum Gasteiger partial charge on any atom is 0.309 e. The minimum atomic E-state index is -0.749. The van der Waals surface area contributed by atoms with Crippen LogP contribution < -0.4 is 0 Å². The number of benzene rings is 1. The highest BCUT2D eigenvalue weighted by atomic mass is 16.5. The van der Waals surface area contributed by atoms with E-state index in [-0.39, 0.29) is 23.8 Å². The van der Waals surface area contributed by atoms with E-state index in [4.69, 9.17) is 4.74 Å². The predicted molar refractivity (Wildman–Crippen MR) is 98.9 cm³/mol. The summed E-state index contributed by atoms with van der Waals surface area (Å²) >= 11 is 0. The fourth-order valence-corrected chi connectivity index (χ4v) is 4.26. The van der Waals surface area contributed by atoms with Crippen molar-refractivity contribution < 1.29 is 19.4 Å². The number of rotatable bonds is 6. The number of carbonyl (C=O) groups is 2. The molecule has 0 aliphatic carbocycles. The Kier molecular flexibility index (Phi) is 6.30. The Balaban J connectivity index is 1.44. The lowest BCUT2D eigenvalue weighted by Gasteiger charge is -2.35. The van der Waals surface area contributed by atoms with E-state index >= 15 is 0 Å². The largest absolute Gasteiger partial charge is 0.481 e. The summed E-state index contributed by atoms with van der Waals surface area (Å²) in [4.78, 5) is 25.8. The van der Waals surface area contributed by atoms with Gasteiger partial charge < -0.3 is 14.7 Å². The fraction of sp³-hybridized carbons (Fsp3) is 0.619. The van der Waals surface area contributed by atoms with E-state index < -0.39 is 5.97 Å². The van der Waals surface area contributed by atoms with E-state index in [1.54, 1.807) is 0 Å². The van der Waals surface area contributed by atoms with Crippen LogP contribution >= 0.6 is 0 Å². The van der Waals surface area contributed by atoms with Gasteiger partial charge in [-0.2, -0.15) is 0 Å². The Morgan fingerprint density at radius 3 is 2.54 bits per heavy atom. The molecule has 26 heavy (non-hydrogen) atoms. The molecule has 1 N–H and O–H groups in total. The van der Waals surface area contributed by atoms with Crippen LogP contribution in [-0.2, 0) is 14.3 Å². The molecule has 0 saturated carbocycles. The zero-order valence-electron chi connectivity index (χ0n) is 15.5. The van der Waals surface area contributed by atoms with Gasteiger partial charge in [-0.1, -0.05) is 37.3 Å². The second kappa shape index (κ2) is 8.67. The maximum absolute atomic E-state index is 12.5. The Hall–Kier alpha value is -1.88. The summed E-state index contributed by atoms with van der Waals surface area (Å²) in [6.45, 7) is 4.14. The SMILES string of the molecule is CC(CCC(=O)N1CCC([C@@H]2OCCC2C(=O)O)CC1)c1ccccc1.